The lowest BCUT2D eigenvalue weighted by Gasteiger charge is -2.15. The van der Waals surface area contributed by atoms with Gasteiger partial charge in [0, 0.05) is 17.8 Å². The molecule has 0 fully saturated rings. The fraction of sp³-hybridized carbons (Fsp3) is 0.636. The fourth-order valence-electron chi connectivity index (χ4n) is 1.50. The molecular formula is C11H20N4S. The van der Waals surface area contributed by atoms with Crippen LogP contribution in [-0.4, -0.2) is 29.3 Å². The number of aryl methyl sites for hydroxylation is 1. The van der Waals surface area contributed by atoms with E-state index in [9.17, 15) is 0 Å². The van der Waals surface area contributed by atoms with Gasteiger partial charge in [0.2, 0.25) is 0 Å². The molecule has 4 nitrogen and oxygen atoms in total. The number of hydrogen-bond donors (Lipinski definition) is 2. The molecule has 0 amide bonds. The normalized spacial score (nSPS) is 10.9. The second kappa shape index (κ2) is 6.60. The fourth-order valence-corrected chi connectivity index (χ4v) is 2.36. The van der Waals surface area contributed by atoms with E-state index in [1.165, 1.54) is 4.88 Å². The van der Waals surface area contributed by atoms with Crippen LogP contribution in [0.5, 0.6) is 0 Å². The van der Waals surface area contributed by atoms with Crippen LogP contribution in [0, 0.1) is 12.3 Å². The summed E-state index contributed by atoms with van der Waals surface area (Å²) in [6, 6.07) is 0. The average molecular weight is 240 g/mol. The Morgan fingerprint density at radius 1 is 1.56 bits per heavy atom. The molecule has 1 aromatic rings. The topological polar surface area (TPSA) is 66.0 Å². The molecule has 16 heavy (non-hydrogen) atoms. The molecule has 0 atom stereocenters. The maximum atomic E-state index is 7.12. The van der Waals surface area contributed by atoms with Crippen molar-refractivity contribution in [3.05, 3.63) is 16.1 Å². The summed E-state index contributed by atoms with van der Waals surface area (Å²) in [7, 11) is 2.12. The van der Waals surface area contributed by atoms with E-state index in [4.69, 9.17) is 11.1 Å². The van der Waals surface area contributed by atoms with Crippen LogP contribution in [0.3, 0.4) is 0 Å². The SMILES string of the molecule is Cc1ncsc1CN(C)CCCCC(=N)N. The van der Waals surface area contributed by atoms with E-state index in [2.05, 4.69) is 23.9 Å². The number of hydrogen-bond acceptors (Lipinski definition) is 4. The standard InChI is InChI=1S/C11H20N4S/c1-9-10(16-8-14-9)7-15(2)6-4-3-5-11(12)13/h8H,3-7H2,1-2H3,(H3,12,13). The van der Waals surface area contributed by atoms with Gasteiger partial charge in [0.15, 0.2) is 0 Å². The Morgan fingerprint density at radius 3 is 2.88 bits per heavy atom. The summed E-state index contributed by atoms with van der Waals surface area (Å²) < 4.78 is 0. The molecule has 0 radical (unpaired) electrons. The minimum Gasteiger partial charge on any atom is -0.388 e. The summed E-state index contributed by atoms with van der Waals surface area (Å²) in [5, 5.41) is 7.12. The molecule has 5 heteroatoms. The Labute approximate surface area is 101 Å². The Hall–Kier alpha value is -0.940. The summed E-state index contributed by atoms with van der Waals surface area (Å²) in [6.45, 7) is 4.07. The lowest BCUT2D eigenvalue weighted by atomic mass is 10.2. The Morgan fingerprint density at radius 2 is 2.31 bits per heavy atom. The van der Waals surface area contributed by atoms with Crippen molar-refractivity contribution in [3.63, 3.8) is 0 Å². The summed E-state index contributed by atoms with van der Waals surface area (Å²) in [5.41, 5.74) is 8.34. The van der Waals surface area contributed by atoms with Crippen molar-refractivity contribution in [2.75, 3.05) is 13.6 Å². The third-order valence-corrected chi connectivity index (χ3v) is 3.41. The third-order valence-electron chi connectivity index (χ3n) is 2.49. The Kier molecular flexibility index (Phi) is 5.42. The van der Waals surface area contributed by atoms with Crippen LogP contribution in [0.1, 0.15) is 29.8 Å². The number of thiazole rings is 1. The zero-order valence-electron chi connectivity index (χ0n) is 9.99. The number of nitrogens with two attached hydrogens (primary N) is 1. The molecule has 0 bridgehead atoms. The summed E-state index contributed by atoms with van der Waals surface area (Å²) in [4.78, 5) is 7.87. The molecule has 1 heterocycles. The van der Waals surface area contributed by atoms with Crippen LogP contribution in [-0.2, 0) is 6.54 Å². The number of unbranched alkanes of at least 4 members (excludes halogenated alkanes) is 1. The lowest BCUT2D eigenvalue weighted by Crippen LogP contribution is -2.19. The highest BCUT2D eigenvalue weighted by atomic mass is 32.1. The molecule has 0 aromatic carbocycles. The van der Waals surface area contributed by atoms with Gasteiger partial charge in [0.1, 0.15) is 0 Å². The molecule has 3 N–H and O–H groups in total. The molecule has 1 aromatic heterocycles. The predicted molar refractivity (Wildman–Crippen MR) is 69.0 cm³/mol. The maximum Gasteiger partial charge on any atom is 0.0905 e. The molecule has 0 saturated heterocycles. The highest BCUT2D eigenvalue weighted by molar-refractivity contribution is 7.09. The van der Waals surface area contributed by atoms with Gasteiger partial charge in [0.05, 0.1) is 17.0 Å². The minimum absolute atomic E-state index is 0.293. The molecule has 0 saturated carbocycles. The summed E-state index contributed by atoms with van der Waals surface area (Å²) in [5.74, 6) is 0.293. The first kappa shape index (κ1) is 13.1. The lowest BCUT2D eigenvalue weighted by molar-refractivity contribution is 0.321. The number of nitrogens with one attached hydrogen (secondary N) is 1. The van der Waals surface area contributed by atoms with E-state index in [0.717, 1.165) is 31.6 Å². The van der Waals surface area contributed by atoms with Crippen molar-refractivity contribution in [1.29, 1.82) is 5.41 Å². The van der Waals surface area contributed by atoms with Gasteiger partial charge in [-0.1, -0.05) is 0 Å². The molecular weight excluding hydrogens is 220 g/mol. The molecule has 0 aliphatic carbocycles. The second-order valence-electron chi connectivity index (χ2n) is 4.08. The van der Waals surface area contributed by atoms with Crippen LogP contribution < -0.4 is 5.73 Å². The van der Waals surface area contributed by atoms with Crippen LogP contribution in [0.4, 0.5) is 0 Å². The number of aromatic nitrogens is 1. The number of nitrogens with zero attached hydrogens (tertiary/aromatic N) is 2. The van der Waals surface area contributed by atoms with E-state index in [1.807, 2.05) is 5.51 Å². The monoisotopic (exact) mass is 240 g/mol. The van der Waals surface area contributed by atoms with E-state index >= 15 is 0 Å². The van der Waals surface area contributed by atoms with E-state index < -0.39 is 0 Å². The molecule has 0 aliphatic rings. The van der Waals surface area contributed by atoms with Crippen molar-refractivity contribution in [2.45, 2.75) is 32.7 Å². The van der Waals surface area contributed by atoms with Gasteiger partial charge in [0.25, 0.3) is 0 Å². The van der Waals surface area contributed by atoms with Gasteiger partial charge < -0.3 is 10.6 Å². The first-order chi connectivity index (χ1) is 7.59. The van der Waals surface area contributed by atoms with Gasteiger partial charge in [-0.2, -0.15) is 0 Å². The van der Waals surface area contributed by atoms with E-state index in [1.54, 1.807) is 11.3 Å². The van der Waals surface area contributed by atoms with Gasteiger partial charge >= 0.3 is 0 Å². The second-order valence-corrected chi connectivity index (χ2v) is 5.02. The van der Waals surface area contributed by atoms with Crippen molar-refractivity contribution in [3.8, 4) is 0 Å². The quantitative estimate of drug-likeness (QED) is 0.435. The number of rotatable bonds is 7. The first-order valence-corrected chi connectivity index (χ1v) is 6.38. The van der Waals surface area contributed by atoms with Crippen molar-refractivity contribution >= 4 is 17.2 Å². The van der Waals surface area contributed by atoms with Gasteiger partial charge in [-0.15, -0.1) is 11.3 Å². The number of amidine groups is 1. The zero-order valence-corrected chi connectivity index (χ0v) is 10.8. The van der Waals surface area contributed by atoms with Gasteiger partial charge in [-0.25, -0.2) is 4.98 Å². The molecule has 90 valence electrons. The smallest absolute Gasteiger partial charge is 0.0905 e. The highest BCUT2D eigenvalue weighted by Crippen LogP contribution is 2.14. The maximum absolute atomic E-state index is 7.12. The Balaban J connectivity index is 2.19. The van der Waals surface area contributed by atoms with Crippen LogP contribution in [0.2, 0.25) is 0 Å². The highest BCUT2D eigenvalue weighted by Gasteiger charge is 2.05. The van der Waals surface area contributed by atoms with E-state index in [0.29, 0.717) is 12.3 Å². The zero-order chi connectivity index (χ0) is 12.0. The third kappa shape index (κ3) is 4.72. The van der Waals surface area contributed by atoms with Crippen LogP contribution in [0.25, 0.3) is 0 Å². The van der Waals surface area contributed by atoms with Gasteiger partial charge in [-0.3, -0.25) is 5.41 Å². The van der Waals surface area contributed by atoms with E-state index in [-0.39, 0.29) is 0 Å². The molecule has 0 unspecified atom stereocenters. The molecule has 0 aliphatic heterocycles. The van der Waals surface area contributed by atoms with Crippen molar-refractivity contribution < 1.29 is 0 Å². The summed E-state index contributed by atoms with van der Waals surface area (Å²) in [6.07, 6.45) is 2.81. The summed E-state index contributed by atoms with van der Waals surface area (Å²) >= 11 is 1.72. The average Bonchev–Trinajstić information content (AvgIpc) is 2.59. The van der Waals surface area contributed by atoms with Gasteiger partial charge in [-0.05, 0) is 33.4 Å². The Bertz CT molecular complexity index is 334. The van der Waals surface area contributed by atoms with Crippen LogP contribution in [0.15, 0.2) is 5.51 Å². The minimum atomic E-state index is 0.293. The largest absolute Gasteiger partial charge is 0.388 e. The molecule has 1 rings (SSSR count). The molecule has 0 spiro atoms. The first-order valence-electron chi connectivity index (χ1n) is 5.50. The van der Waals surface area contributed by atoms with Crippen molar-refractivity contribution in [1.82, 2.24) is 9.88 Å². The predicted octanol–water partition coefficient (Wildman–Crippen LogP) is 1.99. The van der Waals surface area contributed by atoms with Crippen LogP contribution >= 0.6 is 11.3 Å². The van der Waals surface area contributed by atoms with Crippen molar-refractivity contribution in [2.24, 2.45) is 5.73 Å².